The Morgan fingerprint density at radius 2 is 1.97 bits per heavy atom. The zero-order valence-electron chi connectivity index (χ0n) is 17.5. The molecule has 2 amide bonds. The molecule has 2 heterocycles. The fraction of sp³-hybridized carbons (Fsp3) is 0.478. The second-order valence-corrected chi connectivity index (χ2v) is 9.15. The van der Waals surface area contributed by atoms with Gasteiger partial charge in [-0.3, -0.25) is 9.59 Å². The number of fused-ring (bicyclic) bond motifs is 1. The van der Waals surface area contributed by atoms with E-state index in [1.54, 1.807) is 34.4 Å². The summed E-state index contributed by atoms with van der Waals surface area (Å²) in [6.45, 7) is 4.37. The van der Waals surface area contributed by atoms with Crippen LogP contribution in [0.1, 0.15) is 61.2 Å². The molecule has 6 nitrogen and oxygen atoms in total. The topological polar surface area (TPSA) is 67.9 Å². The molecule has 0 spiro atoms. The quantitative estimate of drug-likeness (QED) is 0.712. The van der Waals surface area contributed by atoms with Crippen LogP contribution in [0.4, 0.5) is 0 Å². The van der Waals surface area contributed by atoms with E-state index in [4.69, 9.17) is 9.47 Å². The molecule has 1 fully saturated rings. The Balaban J connectivity index is 1.65. The number of hydrogen-bond donors (Lipinski definition) is 1. The van der Waals surface area contributed by atoms with E-state index in [9.17, 15) is 9.59 Å². The van der Waals surface area contributed by atoms with E-state index in [1.807, 2.05) is 31.4 Å². The predicted molar refractivity (Wildman–Crippen MR) is 116 cm³/mol. The van der Waals surface area contributed by atoms with Crippen molar-refractivity contribution in [1.82, 2.24) is 10.2 Å². The van der Waals surface area contributed by atoms with E-state index < -0.39 is 5.54 Å². The number of nitrogens with zero attached hydrogens (tertiary/aromatic N) is 1. The molecular weight excluding hydrogens is 400 g/mol. The van der Waals surface area contributed by atoms with Crippen LogP contribution in [0.3, 0.4) is 0 Å². The normalized spacial score (nSPS) is 17.5. The van der Waals surface area contributed by atoms with Gasteiger partial charge in [0.25, 0.3) is 5.91 Å². The first-order chi connectivity index (χ1) is 14.5. The third kappa shape index (κ3) is 4.03. The molecule has 1 N–H and O–H groups in total. The Morgan fingerprint density at radius 3 is 2.67 bits per heavy atom. The van der Waals surface area contributed by atoms with Crippen molar-refractivity contribution in [2.75, 3.05) is 6.79 Å². The Bertz CT molecular complexity index is 908. The minimum absolute atomic E-state index is 0.0810. The maximum absolute atomic E-state index is 13.7. The maximum atomic E-state index is 13.7. The van der Waals surface area contributed by atoms with Crippen molar-refractivity contribution in [2.24, 2.45) is 0 Å². The lowest BCUT2D eigenvalue weighted by Gasteiger charge is -2.40. The summed E-state index contributed by atoms with van der Waals surface area (Å²) in [7, 11) is 0. The van der Waals surface area contributed by atoms with Crippen LogP contribution in [0.5, 0.6) is 11.5 Å². The van der Waals surface area contributed by atoms with Gasteiger partial charge in [0.05, 0.1) is 6.54 Å². The SMILES string of the molecule is CC[C@@](C)(C(=O)NC1CCCC1)N(Cc1cccs1)C(=O)c1ccc2c(c1)OCO2. The number of benzene rings is 1. The number of nitrogens with one attached hydrogen (secondary N) is 1. The molecule has 2 aromatic rings. The van der Waals surface area contributed by atoms with Gasteiger partial charge in [-0.2, -0.15) is 0 Å². The van der Waals surface area contributed by atoms with Gasteiger partial charge in [-0.1, -0.05) is 25.8 Å². The van der Waals surface area contributed by atoms with Crippen molar-refractivity contribution in [3.8, 4) is 11.5 Å². The fourth-order valence-corrected chi connectivity index (χ4v) is 4.79. The monoisotopic (exact) mass is 428 g/mol. The third-order valence-electron chi connectivity index (χ3n) is 6.22. The van der Waals surface area contributed by atoms with E-state index in [0.29, 0.717) is 30.0 Å². The third-order valence-corrected chi connectivity index (χ3v) is 7.08. The number of carbonyl (C=O) groups is 2. The molecule has 1 aliphatic heterocycles. The van der Waals surface area contributed by atoms with Crippen molar-refractivity contribution in [3.05, 3.63) is 46.2 Å². The fourth-order valence-electron chi connectivity index (χ4n) is 4.10. The van der Waals surface area contributed by atoms with Crippen LogP contribution < -0.4 is 14.8 Å². The summed E-state index contributed by atoms with van der Waals surface area (Å²) in [6.07, 6.45) is 4.82. The standard InChI is InChI=1S/C23H28N2O4S/c1-3-23(2,22(27)24-17-7-4-5-8-17)25(14-18-9-6-12-30-18)21(26)16-10-11-19-20(13-16)29-15-28-19/h6,9-13,17H,3-5,7-8,14-15H2,1-2H3,(H,24,27)/t23-/m0/s1. The van der Waals surface area contributed by atoms with Crippen LogP contribution >= 0.6 is 11.3 Å². The van der Waals surface area contributed by atoms with Gasteiger partial charge in [-0.05, 0) is 55.8 Å². The smallest absolute Gasteiger partial charge is 0.255 e. The van der Waals surface area contributed by atoms with Crippen LogP contribution in [0, 0.1) is 0 Å². The van der Waals surface area contributed by atoms with Crippen molar-refractivity contribution in [3.63, 3.8) is 0 Å². The minimum atomic E-state index is -0.958. The van der Waals surface area contributed by atoms with Gasteiger partial charge in [0.2, 0.25) is 12.7 Å². The summed E-state index contributed by atoms with van der Waals surface area (Å²) >= 11 is 1.58. The lowest BCUT2D eigenvalue weighted by molar-refractivity contribution is -0.132. The summed E-state index contributed by atoms with van der Waals surface area (Å²) in [6, 6.07) is 9.35. The first-order valence-electron chi connectivity index (χ1n) is 10.6. The molecule has 1 aliphatic carbocycles. The van der Waals surface area contributed by atoms with Gasteiger partial charge in [0.15, 0.2) is 11.5 Å². The zero-order chi connectivity index (χ0) is 21.1. The minimum Gasteiger partial charge on any atom is -0.454 e. The lowest BCUT2D eigenvalue weighted by Crippen LogP contribution is -2.59. The van der Waals surface area contributed by atoms with E-state index in [-0.39, 0.29) is 24.6 Å². The molecule has 7 heteroatoms. The van der Waals surface area contributed by atoms with Crippen molar-refractivity contribution >= 4 is 23.2 Å². The van der Waals surface area contributed by atoms with E-state index >= 15 is 0 Å². The highest BCUT2D eigenvalue weighted by Crippen LogP contribution is 2.34. The summed E-state index contributed by atoms with van der Waals surface area (Å²) < 4.78 is 10.8. The predicted octanol–water partition coefficient (Wildman–Crippen LogP) is 4.35. The largest absolute Gasteiger partial charge is 0.454 e. The molecular formula is C23H28N2O4S. The highest BCUT2D eigenvalue weighted by Gasteiger charge is 2.42. The summed E-state index contributed by atoms with van der Waals surface area (Å²) in [5, 5.41) is 5.19. The number of thiophene rings is 1. The van der Waals surface area contributed by atoms with Gasteiger partial charge < -0.3 is 19.7 Å². The van der Waals surface area contributed by atoms with E-state index in [1.165, 1.54) is 0 Å². The van der Waals surface area contributed by atoms with Gasteiger partial charge in [-0.25, -0.2) is 0 Å². The van der Waals surface area contributed by atoms with Crippen LogP contribution in [-0.4, -0.2) is 35.1 Å². The Labute approximate surface area is 181 Å². The molecule has 1 aromatic carbocycles. The Hall–Kier alpha value is -2.54. The molecule has 1 aromatic heterocycles. The van der Waals surface area contributed by atoms with Crippen LogP contribution in [0.25, 0.3) is 0 Å². The van der Waals surface area contributed by atoms with Crippen molar-refractivity contribution in [1.29, 1.82) is 0 Å². The second-order valence-electron chi connectivity index (χ2n) is 8.12. The van der Waals surface area contributed by atoms with Crippen molar-refractivity contribution < 1.29 is 19.1 Å². The lowest BCUT2D eigenvalue weighted by atomic mass is 9.93. The van der Waals surface area contributed by atoms with E-state index in [0.717, 1.165) is 30.6 Å². The maximum Gasteiger partial charge on any atom is 0.255 e. The summed E-state index contributed by atoms with van der Waals surface area (Å²) in [4.78, 5) is 29.8. The van der Waals surface area contributed by atoms with Gasteiger partial charge in [0, 0.05) is 16.5 Å². The molecule has 1 saturated carbocycles. The molecule has 0 unspecified atom stereocenters. The van der Waals surface area contributed by atoms with Crippen LogP contribution in [-0.2, 0) is 11.3 Å². The first-order valence-corrected chi connectivity index (χ1v) is 11.4. The molecule has 1 atom stereocenters. The molecule has 0 bridgehead atoms. The Kier molecular flexibility index (Phi) is 5.99. The molecule has 0 radical (unpaired) electrons. The molecule has 2 aliphatic rings. The molecule has 30 heavy (non-hydrogen) atoms. The van der Waals surface area contributed by atoms with Gasteiger partial charge >= 0.3 is 0 Å². The van der Waals surface area contributed by atoms with Crippen LogP contribution in [0.2, 0.25) is 0 Å². The summed E-state index contributed by atoms with van der Waals surface area (Å²) in [5.74, 6) is 0.925. The molecule has 0 saturated heterocycles. The first kappa shape index (κ1) is 20.7. The number of rotatable bonds is 7. The summed E-state index contributed by atoms with van der Waals surface area (Å²) in [5.41, 5.74) is -0.468. The molecule has 160 valence electrons. The van der Waals surface area contributed by atoms with Crippen molar-refractivity contribution in [2.45, 2.75) is 64.1 Å². The highest BCUT2D eigenvalue weighted by molar-refractivity contribution is 7.09. The van der Waals surface area contributed by atoms with Gasteiger partial charge in [0.1, 0.15) is 5.54 Å². The second kappa shape index (κ2) is 8.68. The number of carbonyl (C=O) groups excluding carboxylic acids is 2. The van der Waals surface area contributed by atoms with Crippen LogP contribution in [0.15, 0.2) is 35.7 Å². The average molecular weight is 429 g/mol. The average Bonchev–Trinajstić information content (AvgIpc) is 3.53. The molecule has 4 rings (SSSR count). The van der Waals surface area contributed by atoms with E-state index in [2.05, 4.69) is 5.32 Å². The number of hydrogen-bond acceptors (Lipinski definition) is 5. The highest BCUT2D eigenvalue weighted by atomic mass is 32.1. The Morgan fingerprint density at radius 1 is 1.20 bits per heavy atom. The zero-order valence-corrected chi connectivity index (χ0v) is 18.3. The number of ether oxygens (including phenoxy) is 2. The number of amides is 2. The van der Waals surface area contributed by atoms with Gasteiger partial charge in [-0.15, -0.1) is 11.3 Å².